The van der Waals surface area contributed by atoms with Crippen molar-refractivity contribution in [3.05, 3.63) is 49.1 Å². The fraction of sp³-hybridized carbons (Fsp3) is 0.391. The Morgan fingerprint density at radius 2 is 1.69 bits per heavy atom. The first kappa shape index (κ1) is 25.1. The van der Waals surface area contributed by atoms with E-state index in [9.17, 15) is 9.59 Å². The Morgan fingerprint density at radius 1 is 0.938 bits per heavy atom. The van der Waals surface area contributed by atoms with Crippen LogP contribution >= 0.6 is 0 Å². The molecule has 0 aromatic heterocycles. The van der Waals surface area contributed by atoms with Crippen LogP contribution in [0.4, 0.5) is 4.79 Å². The van der Waals surface area contributed by atoms with Gasteiger partial charge in [0.05, 0.1) is 33.0 Å². The van der Waals surface area contributed by atoms with E-state index in [-0.39, 0.29) is 26.4 Å². The van der Waals surface area contributed by atoms with E-state index < -0.39 is 12.1 Å². The molecule has 0 heterocycles. The van der Waals surface area contributed by atoms with Crippen LogP contribution in [0.1, 0.15) is 0 Å². The molecule has 0 aliphatic carbocycles. The molecule has 2 rings (SSSR count). The second-order valence-corrected chi connectivity index (χ2v) is 6.37. The van der Waals surface area contributed by atoms with Gasteiger partial charge in [-0.15, -0.1) is 0 Å². The lowest BCUT2D eigenvalue weighted by atomic mass is 10.1. The summed E-state index contributed by atoms with van der Waals surface area (Å²) < 4.78 is 31.7. The van der Waals surface area contributed by atoms with Crippen LogP contribution in [-0.2, 0) is 23.7 Å². The number of benzene rings is 2. The Labute approximate surface area is 187 Å². The molecule has 0 unspecified atom stereocenters. The maximum absolute atomic E-state index is 12.3. The van der Waals surface area contributed by atoms with Crippen LogP contribution in [0.3, 0.4) is 0 Å². The molecular formula is C23H29NO8. The van der Waals surface area contributed by atoms with Crippen molar-refractivity contribution in [2.75, 3.05) is 59.9 Å². The van der Waals surface area contributed by atoms with Gasteiger partial charge >= 0.3 is 12.1 Å². The zero-order valence-electron chi connectivity index (χ0n) is 18.2. The van der Waals surface area contributed by atoms with Crippen LogP contribution < -0.4 is 14.8 Å². The number of methoxy groups -OCH3 is 1. The van der Waals surface area contributed by atoms with Crippen LogP contribution in [0.25, 0.3) is 10.8 Å². The van der Waals surface area contributed by atoms with Crippen LogP contribution in [0, 0.1) is 0 Å². The van der Waals surface area contributed by atoms with Crippen molar-refractivity contribution >= 4 is 22.8 Å². The van der Waals surface area contributed by atoms with Gasteiger partial charge < -0.3 is 33.7 Å². The topological polar surface area (TPSA) is 102 Å². The summed E-state index contributed by atoms with van der Waals surface area (Å²) in [7, 11) is 1.59. The van der Waals surface area contributed by atoms with Crippen molar-refractivity contribution in [2.24, 2.45) is 0 Å². The van der Waals surface area contributed by atoms with Crippen molar-refractivity contribution < 1.29 is 38.0 Å². The molecule has 9 heteroatoms. The Hall–Kier alpha value is -3.14. The minimum Gasteiger partial charge on any atom is -0.487 e. The van der Waals surface area contributed by atoms with Gasteiger partial charge in [0.1, 0.15) is 13.2 Å². The molecule has 1 amide bonds. The molecule has 0 aliphatic heterocycles. The van der Waals surface area contributed by atoms with Crippen LogP contribution in [0.5, 0.6) is 11.5 Å². The van der Waals surface area contributed by atoms with Gasteiger partial charge in [0, 0.05) is 25.1 Å². The van der Waals surface area contributed by atoms with Crippen LogP contribution in [-0.4, -0.2) is 72.0 Å². The number of fused-ring (bicyclic) bond motifs is 1. The summed E-state index contributed by atoms with van der Waals surface area (Å²) in [5.41, 5.74) is 0. The largest absolute Gasteiger partial charge is 0.487 e. The summed E-state index contributed by atoms with van der Waals surface area (Å²) in [4.78, 5) is 23.1. The smallest absolute Gasteiger partial charge is 0.412 e. The lowest BCUT2D eigenvalue weighted by Crippen LogP contribution is -2.30. The first-order valence-electron chi connectivity index (χ1n) is 10.2. The minimum absolute atomic E-state index is 0.156. The SMILES string of the molecule is C=CC(=O)OCCOCCOCCNC(=O)Oc1c(OCCOC)ccc2ccccc12. The molecule has 0 saturated heterocycles. The molecule has 0 atom stereocenters. The zero-order chi connectivity index (χ0) is 23.0. The lowest BCUT2D eigenvalue weighted by molar-refractivity contribution is -0.139. The third-order valence-corrected chi connectivity index (χ3v) is 4.11. The summed E-state index contributed by atoms with van der Waals surface area (Å²) in [6.07, 6.45) is 0.484. The number of carbonyl (C=O) groups excluding carboxylic acids is 2. The fourth-order valence-electron chi connectivity index (χ4n) is 2.61. The first-order chi connectivity index (χ1) is 15.7. The number of carbonyl (C=O) groups is 2. The molecule has 0 spiro atoms. The van der Waals surface area contributed by atoms with E-state index in [2.05, 4.69) is 11.9 Å². The molecule has 2 aromatic rings. The standard InChI is InChI=1S/C23H29NO8/c1-3-21(25)31-17-15-29-14-13-28-11-10-24-23(26)32-22-19-7-5-4-6-18(19)8-9-20(22)30-16-12-27-2/h3-9H,1,10-17H2,2H3,(H,24,26). The monoisotopic (exact) mass is 447 g/mol. The minimum atomic E-state index is -0.609. The normalized spacial score (nSPS) is 10.5. The van der Waals surface area contributed by atoms with Gasteiger partial charge in [-0.1, -0.05) is 36.9 Å². The lowest BCUT2D eigenvalue weighted by Gasteiger charge is -2.14. The second kappa shape index (κ2) is 14.8. The molecule has 0 aliphatic rings. The van der Waals surface area contributed by atoms with Crippen molar-refractivity contribution in [3.63, 3.8) is 0 Å². The first-order valence-corrected chi connectivity index (χ1v) is 10.2. The maximum Gasteiger partial charge on any atom is 0.412 e. The van der Waals surface area contributed by atoms with E-state index >= 15 is 0 Å². The highest BCUT2D eigenvalue weighted by Crippen LogP contribution is 2.35. The van der Waals surface area contributed by atoms with Gasteiger partial charge in [0.2, 0.25) is 0 Å². The molecule has 0 radical (unpaired) electrons. The number of hydrogen-bond acceptors (Lipinski definition) is 8. The summed E-state index contributed by atoms with van der Waals surface area (Å²) in [5, 5.41) is 4.34. The van der Waals surface area contributed by atoms with Gasteiger partial charge in [0.15, 0.2) is 11.5 Å². The molecule has 0 fully saturated rings. The predicted molar refractivity (Wildman–Crippen MR) is 118 cm³/mol. The van der Waals surface area contributed by atoms with E-state index in [1.807, 2.05) is 30.3 Å². The highest BCUT2D eigenvalue weighted by molar-refractivity contribution is 5.92. The fourth-order valence-corrected chi connectivity index (χ4v) is 2.61. The molecule has 0 bridgehead atoms. The van der Waals surface area contributed by atoms with Crippen molar-refractivity contribution in [3.8, 4) is 11.5 Å². The van der Waals surface area contributed by atoms with Crippen LogP contribution in [0.2, 0.25) is 0 Å². The predicted octanol–water partition coefficient (Wildman–Crippen LogP) is 2.72. The van der Waals surface area contributed by atoms with Gasteiger partial charge in [-0.2, -0.15) is 0 Å². The molecule has 32 heavy (non-hydrogen) atoms. The number of ether oxygens (including phenoxy) is 6. The highest BCUT2D eigenvalue weighted by atomic mass is 16.6. The Balaban J connectivity index is 1.71. The number of amides is 1. The second-order valence-electron chi connectivity index (χ2n) is 6.37. The molecule has 174 valence electrons. The van der Waals surface area contributed by atoms with E-state index in [1.54, 1.807) is 13.2 Å². The molecule has 1 N–H and O–H groups in total. The Kier molecular flexibility index (Phi) is 11.6. The van der Waals surface area contributed by atoms with E-state index in [0.29, 0.717) is 37.9 Å². The van der Waals surface area contributed by atoms with Crippen molar-refractivity contribution in [2.45, 2.75) is 0 Å². The molecule has 9 nitrogen and oxygen atoms in total. The Bertz CT molecular complexity index is 870. The molecule has 0 saturated carbocycles. The average molecular weight is 447 g/mol. The summed E-state index contributed by atoms with van der Waals surface area (Å²) in [6, 6.07) is 11.2. The van der Waals surface area contributed by atoms with Gasteiger partial charge in [-0.05, 0) is 11.5 Å². The molecule has 2 aromatic carbocycles. The third-order valence-electron chi connectivity index (χ3n) is 4.11. The van der Waals surface area contributed by atoms with E-state index in [4.69, 9.17) is 28.4 Å². The summed E-state index contributed by atoms with van der Waals surface area (Å²) in [5.74, 6) is 0.325. The van der Waals surface area contributed by atoms with Gasteiger partial charge in [-0.3, -0.25) is 0 Å². The van der Waals surface area contributed by atoms with Gasteiger partial charge in [-0.25, -0.2) is 9.59 Å². The van der Waals surface area contributed by atoms with E-state index in [1.165, 1.54) is 0 Å². The molecular weight excluding hydrogens is 418 g/mol. The third kappa shape index (κ3) is 8.93. The highest BCUT2D eigenvalue weighted by Gasteiger charge is 2.14. The van der Waals surface area contributed by atoms with E-state index in [0.717, 1.165) is 16.8 Å². The summed E-state index contributed by atoms with van der Waals surface area (Å²) >= 11 is 0. The van der Waals surface area contributed by atoms with Crippen LogP contribution in [0.15, 0.2) is 49.1 Å². The quantitative estimate of drug-likeness (QED) is 0.253. The number of rotatable bonds is 15. The van der Waals surface area contributed by atoms with Gasteiger partial charge in [0.25, 0.3) is 0 Å². The Morgan fingerprint density at radius 3 is 2.47 bits per heavy atom. The van der Waals surface area contributed by atoms with Crippen molar-refractivity contribution in [1.82, 2.24) is 5.32 Å². The van der Waals surface area contributed by atoms with Crippen molar-refractivity contribution in [1.29, 1.82) is 0 Å². The average Bonchev–Trinajstić information content (AvgIpc) is 2.81. The summed E-state index contributed by atoms with van der Waals surface area (Å²) in [6.45, 7) is 5.71. The number of nitrogens with one attached hydrogen (secondary N) is 1. The number of esters is 1. The number of hydrogen-bond donors (Lipinski definition) is 1. The zero-order valence-corrected chi connectivity index (χ0v) is 18.2. The maximum atomic E-state index is 12.3.